The first kappa shape index (κ1) is 23.3. The van der Waals surface area contributed by atoms with E-state index in [1.165, 1.54) is 12.8 Å². The number of benzene rings is 2. The molecule has 0 aliphatic carbocycles. The third kappa shape index (κ3) is 5.62. The van der Waals surface area contributed by atoms with Crippen LogP contribution in [0, 0.1) is 5.92 Å². The lowest BCUT2D eigenvalue weighted by molar-refractivity contribution is -0.132. The summed E-state index contributed by atoms with van der Waals surface area (Å²) < 4.78 is 22.5. The van der Waals surface area contributed by atoms with Crippen LogP contribution >= 0.6 is 0 Å². The normalized spacial score (nSPS) is 17.4. The molecule has 7 heteroatoms. The maximum Gasteiger partial charge on any atom is 0.260 e. The number of furan rings is 1. The summed E-state index contributed by atoms with van der Waals surface area (Å²) in [4.78, 5) is 16.8. The Morgan fingerprint density at radius 1 is 1.11 bits per heavy atom. The van der Waals surface area contributed by atoms with Gasteiger partial charge in [-0.3, -0.25) is 9.69 Å². The second-order valence-corrected chi connectivity index (χ2v) is 9.49. The predicted octanol–water partition coefficient (Wildman–Crippen LogP) is 4.94. The molecule has 184 valence electrons. The number of hydrogen-bond acceptors (Lipinski definition) is 6. The van der Waals surface area contributed by atoms with Crippen molar-refractivity contribution in [3.05, 3.63) is 66.1 Å². The molecule has 2 aromatic carbocycles. The van der Waals surface area contributed by atoms with Gasteiger partial charge in [-0.1, -0.05) is 19.1 Å². The fourth-order valence-corrected chi connectivity index (χ4v) is 4.74. The van der Waals surface area contributed by atoms with Gasteiger partial charge in [0.25, 0.3) is 5.91 Å². The van der Waals surface area contributed by atoms with Crippen molar-refractivity contribution in [1.29, 1.82) is 0 Å². The molecule has 2 aliphatic rings. The second kappa shape index (κ2) is 10.4. The number of likely N-dealkylation sites (tertiary alicyclic amines) is 1. The van der Waals surface area contributed by atoms with Crippen LogP contribution in [0.2, 0.25) is 0 Å². The van der Waals surface area contributed by atoms with Gasteiger partial charge in [0, 0.05) is 25.7 Å². The van der Waals surface area contributed by atoms with Crippen LogP contribution in [-0.2, 0) is 17.9 Å². The average molecular weight is 477 g/mol. The van der Waals surface area contributed by atoms with Crippen molar-refractivity contribution in [2.24, 2.45) is 5.92 Å². The SMILES string of the molecule is C[C@@H]1CCCN(Cc2cc(-c3ccc4c(c3)OCO4)ccc2OCC(=O)N(C)Cc2ccco2)C1. The molecule has 0 unspecified atom stereocenters. The van der Waals surface area contributed by atoms with Gasteiger partial charge in [0.2, 0.25) is 6.79 Å². The zero-order valence-electron chi connectivity index (χ0n) is 20.4. The van der Waals surface area contributed by atoms with Crippen LogP contribution in [0.25, 0.3) is 11.1 Å². The zero-order chi connectivity index (χ0) is 24.2. The van der Waals surface area contributed by atoms with Crippen LogP contribution in [0.3, 0.4) is 0 Å². The van der Waals surface area contributed by atoms with Gasteiger partial charge in [-0.2, -0.15) is 0 Å². The molecule has 0 radical (unpaired) electrons. The number of fused-ring (bicyclic) bond motifs is 1. The van der Waals surface area contributed by atoms with Crippen LogP contribution in [0.5, 0.6) is 17.2 Å². The summed E-state index contributed by atoms with van der Waals surface area (Å²) in [6, 6.07) is 15.9. The van der Waals surface area contributed by atoms with E-state index in [1.807, 2.05) is 42.5 Å². The van der Waals surface area contributed by atoms with E-state index in [4.69, 9.17) is 18.6 Å². The average Bonchev–Trinajstić information content (AvgIpc) is 3.54. The highest BCUT2D eigenvalue weighted by Crippen LogP contribution is 2.37. The molecule has 0 saturated carbocycles. The molecule has 5 rings (SSSR count). The third-order valence-corrected chi connectivity index (χ3v) is 6.65. The molecule has 3 aromatic rings. The summed E-state index contributed by atoms with van der Waals surface area (Å²) in [6.45, 7) is 5.88. The van der Waals surface area contributed by atoms with E-state index < -0.39 is 0 Å². The Labute approximate surface area is 206 Å². The minimum absolute atomic E-state index is 0.0238. The lowest BCUT2D eigenvalue weighted by Crippen LogP contribution is -2.34. The van der Waals surface area contributed by atoms with Crippen molar-refractivity contribution < 1.29 is 23.4 Å². The van der Waals surface area contributed by atoms with Gasteiger partial charge in [-0.05, 0) is 72.8 Å². The number of amides is 1. The largest absolute Gasteiger partial charge is 0.483 e. The van der Waals surface area contributed by atoms with Gasteiger partial charge in [-0.15, -0.1) is 0 Å². The van der Waals surface area contributed by atoms with E-state index >= 15 is 0 Å². The number of rotatable bonds is 8. The minimum atomic E-state index is -0.0983. The van der Waals surface area contributed by atoms with E-state index in [0.717, 1.165) is 59.3 Å². The molecule has 1 fully saturated rings. The highest BCUT2D eigenvalue weighted by Gasteiger charge is 2.20. The number of likely N-dealkylation sites (N-methyl/N-ethyl adjacent to an activating group) is 1. The van der Waals surface area contributed by atoms with Gasteiger partial charge in [-0.25, -0.2) is 0 Å². The maximum atomic E-state index is 12.7. The topological polar surface area (TPSA) is 64.4 Å². The molecule has 0 bridgehead atoms. The molecule has 0 spiro atoms. The molecule has 1 aromatic heterocycles. The van der Waals surface area contributed by atoms with Crippen molar-refractivity contribution in [2.75, 3.05) is 33.5 Å². The van der Waals surface area contributed by atoms with Crippen molar-refractivity contribution >= 4 is 5.91 Å². The van der Waals surface area contributed by atoms with Crippen LogP contribution in [0.15, 0.2) is 59.2 Å². The summed E-state index contributed by atoms with van der Waals surface area (Å²) in [5.41, 5.74) is 3.22. The van der Waals surface area contributed by atoms with E-state index in [0.29, 0.717) is 12.5 Å². The van der Waals surface area contributed by atoms with Crippen molar-refractivity contribution in [3.8, 4) is 28.4 Å². The third-order valence-electron chi connectivity index (χ3n) is 6.65. The first-order valence-electron chi connectivity index (χ1n) is 12.2. The van der Waals surface area contributed by atoms with Crippen LogP contribution in [0.1, 0.15) is 31.1 Å². The minimum Gasteiger partial charge on any atom is -0.483 e. The molecule has 3 heterocycles. The van der Waals surface area contributed by atoms with Crippen LogP contribution < -0.4 is 14.2 Å². The Morgan fingerprint density at radius 2 is 1.94 bits per heavy atom. The van der Waals surface area contributed by atoms with E-state index in [9.17, 15) is 4.79 Å². The maximum absolute atomic E-state index is 12.7. The molecule has 1 saturated heterocycles. The Balaban J connectivity index is 1.34. The number of ether oxygens (including phenoxy) is 3. The highest BCUT2D eigenvalue weighted by molar-refractivity contribution is 5.77. The molecule has 0 N–H and O–H groups in total. The predicted molar refractivity (Wildman–Crippen MR) is 132 cm³/mol. The Morgan fingerprint density at radius 3 is 2.77 bits per heavy atom. The van der Waals surface area contributed by atoms with Gasteiger partial charge in [0.1, 0.15) is 11.5 Å². The van der Waals surface area contributed by atoms with E-state index in [-0.39, 0.29) is 19.3 Å². The lowest BCUT2D eigenvalue weighted by Gasteiger charge is -2.31. The fourth-order valence-electron chi connectivity index (χ4n) is 4.74. The molecular weight excluding hydrogens is 444 g/mol. The number of carbonyl (C=O) groups excluding carboxylic acids is 1. The molecule has 35 heavy (non-hydrogen) atoms. The smallest absolute Gasteiger partial charge is 0.260 e. The van der Waals surface area contributed by atoms with Crippen molar-refractivity contribution in [1.82, 2.24) is 9.80 Å². The number of carbonyl (C=O) groups is 1. The summed E-state index contributed by atoms with van der Waals surface area (Å²) in [5, 5.41) is 0. The van der Waals surface area contributed by atoms with Gasteiger partial charge in [0.05, 0.1) is 12.8 Å². The Bertz CT molecular complexity index is 1160. The van der Waals surface area contributed by atoms with Crippen LogP contribution in [0.4, 0.5) is 0 Å². The quantitative estimate of drug-likeness (QED) is 0.459. The van der Waals surface area contributed by atoms with Gasteiger partial charge in [0.15, 0.2) is 18.1 Å². The first-order valence-corrected chi connectivity index (χ1v) is 12.2. The van der Waals surface area contributed by atoms with Gasteiger partial charge < -0.3 is 23.5 Å². The molecule has 2 aliphatic heterocycles. The van der Waals surface area contributed by atoms with Crippen molar-refractivity contribution in [3.63, 3.8) is 0 Å². The molecule has 7 nitrogen and oxygen atoms in total. The summed E-state index contributed by atoms with van der Waals surface area (Å²) in [6.07, 6.45) is 4.09. The van der Waals surface area contributed by atoms with Crippen LogP contribution in [-0.4, -0.2) is 49.2 Å². The molecule has 1 amide bonds. The van der Waals surface area contributed by atoms with E-state index in [2.05, 4.69) is 17.9 Å². The second-order valence-electron chi connectivity index (χ2n) is 9.49. The standard InChI is InChI=1S/C28H32N2O5/c1-20-5-3-11-30(15-20)16-23-13-21(22-8-10-26-27(14-22)35-19-34-26)7-9-25(23)33-18-28(31)29(2)17-24-6-4-12-32-24/h4,6-10,12-14,20H,3,5,11,15-19H2,1-2H3/t20-/m1/s1. The zero-order valence-corrected chi connectivity index (χ0v) is 20.4. The summed E-state index contributed by atoms with van der Waals surface area (Å²) in [7, 11) is 1.76. The number of hydrogen-bond donors (Lipinski definition) is 0. The van der Waals surface area contributed by atoms with E-state index in [1.54, 1.807) is 18.2 Å². The fraction of sp³-hybridized carbons (Fsp3) is 0.393. The first-order chi connectivity index (χ1) is 17.0. The Hall–Kier alpha value is -3.45. The lowest BCUT2D eigenvalue weighted by atomic mass is 9.98. The number of piperidine rings is 1. The van der Waals surface area contributed by atoms with Crippen molar-refractivity contribution in [2.45, 2.75) is 32.9 Å². The summed E-state index contributed by atoms with van der Waals surface area (Å²) >= 11 is 0. The molecule has 1 atom stereocenters. The number of nitrogens with zero attached hydrogens (tertiary/aromatic N) is 2. The Kier molecular flexibility index (Phi) is 6.95. The monoisotopic (exact) mass is 476 g/mol. The molecular formula is C28H32N2O5. The summed E-state index contributed by atoms with van der Waals surface area (Å²) in [5.74, 6) is 3.61. The van der Waals surface area contributed by atoms with Gasteiger partial charge >= 0.3 is 0 Å². The highest BCUT2D eigenvalue weighted by atomic mass is 16.7.